The lowest BCUT2D eigenvalue weighted by Gasteiger charge is -2.13. The Morgan fingerprint density at radius 3 is 2.93 bits per heavy atom. The zero-order valence-corrected chi connectivity index (χ0v) is 9.16. The first kappa shape index (κ1) is 11.7. The van der Waals surface area contributed by atoms with Crippen molar-refractivity contribution in [2.45, 2.75) is 20.3 Å². The maximum atomic E-state index is 11.7. The normalized spacial score (nSPS) is 12.2. The SMILES string of the molecule is CCC(CN)C(=O)Nc1cccnc1C. The molecule has 0 aliphatic heterocycles. The summed E-state index contributed by atoms with van der Waals surface area (Å²) < 4.78 is 0. The molecule has 1 aromatic heterocycles. The van der Waals surface area contributed by atoms with Gasteiger partial charge in [0, 0.05) is 12.7 Å². The molecule has 0 bridgehead atoms. The number of nitrogens with two attached hydrogens (primary N) is 1. The molecule has 1 heterocycles. The molecule has 0 aliphatic rings. The Morgan fingerprint density at radius 1 is 1.67 bits per heavy atom. The summed E-state index contributed by atoms with van der Waals surface area (Å²) in [6.07, 6.45) is 2.45. The van der Waals surface area contributed by atoms with E-state index in [0.29, 0.717) is 6.54 Å². The van der Waals surface area contributed by atoms with E-state index in [0.717, 1.165) is 17.8 Å². The van der Waals surface area contributed by atoms with Gasteiger partial charge in [-0.1, -0.05) is 6.92 Å². The highest BCUT2D eigenvalue weighted by atomic mass is 16.1. The number of aromatic nitrogens is 1. The maximum absolute atomic E-state index is 11.7. The third kappa shape index (κ3) is 3.02. The van der Waals surface area contributed by atoms with Gasteiger partial charge >= 0.3 is 0 Å². The predicted molar refractivity (Wildman–Crippen MR) is 60.4 cm³/mol. The largest absolute Gasteiger partial charge is 0.330 e. The van der Waals surface area contributed by atoms with Crippen LogP contribution in [0.1, 0.15) is 19.0 Å². The lowest BCUT2D eigenvalue weighted by molar-refractivity contribution is -0.119. The van der Waals surface area contributed by atoms with Crippen molar-refractivity contribution >= 4 is 11.6 Å². The minimum Gasteiger partial charge on any atom is -0.330 e. The Labute approximate surface area is 89.9 Å². The molecule has 1 aromatic rings. The third-order valence-electron chi connectivity index (χ3n) is 2.41. The Balaban J connectivity index is 2.70. The fourth-order valence-electron chi connectivity index (χ4n) is 1.31. The number of nitrogens with one attached hydrogen (secondary N) is 1. The summed E-state index contributed by atoms with van der Waals surface area (Å²) in [6.45, 7) is 4.19. The van der Waals surface area contributed by atoms with Crippen molar-refractivity contribution < 1.29 is 4.79 Å². The van der Waals surface area contributed by atoms with Crippen LogP contribution in [0.5, 0.6) is 0 Å². The molecule has 0 aliphatic carbocycles. The van der Waals surface area contributed by atoms with Crippen molar-refractivity contribution in [2.24, 2.45) is 11.7 Å². The number of rotatable bonds is 4. The molecule has 1 unspecified atom stereocenters. The van der Waals surface area contributed by atoms with Crippen molar-refractivity contribution in [1.29, 1.82) is 0 Å². The number of anilines is 1. The first-order chi connectivity index (χ1) is 7.19. The molecular weight excluding hydrogens is 190 g/mol. The van der Waals surface area contributed by atoms with E-state index < -0.39 is 0 Å². The lowest BCUT2D eigenvalue weighted by Crippen LogP contribution is -2.28. The van der Waals surface area contributed by atoms with Crippen LogP contribution < -0.4 is 11.1 Å². The first-order valence-corrected chi connectivity index (χ1v) is 5.11. The molecule has 4 heteroatoms. The van der Waals surface area contributed by atoms with Gasteiger partial charge < -0.3 is 11.1 Å². The number of hydrogen-bond donors (Lipinski definition) is 2. The Bertz CT molecular complexity index is 334. The molecule has 0 saturated carbocycles. The molecule has 4 nitrogen and oxygen atoms in total. The van der Waals surface area contributed by atoms with E-state index in [4.69, 9.17) is 5.73 Å². The van der Waals surface area contributed by atoms with Gasteiger partial charge in [-0.15, -0.1) is 0 Å². The van der Waals surface area contributed by atoms with Gasteiger partial charge in [0.1, 0.15) is 0 Å². The van der Waals surface area contributed by atoms with E-state index in [2.05, 4.69) is 10.3 Å². The Kier molecular flexibility index (Phi) is 4.24. The molecule has 0 radical (unpaired) electrons. The van der Waals surface area contributed by atoms with E-state index in [-0.39, 0.29) is 11.8 Å². The lowest BCUT2D eigenvalue weighted by atomic mass is 10.1. The molecule has 82 valence electrons. The predicted octanol–water partition coefficient (Wildman–Crippen LogP) is 1.31. The highest BCUT2D eigenvalue weighted by molar-refractivity contribution is 5.93. The van der Waals surface area contributed by atoms with Crippen LogP contribution in [0.25, 0.3) is 0 Å². The molecule has 3 N–H and O–H groups in total. The standard InChI is InChI=1S/C11H17N3O/c1-3-9(7-12)11(15)14-10-5-4-6-13-8(10)2/h4-6,9H,3,7,12H2,1-2H3,(H,14,15). The summed E-state index contributed by atoms with van der Waals surface area (Å²) >= 11 is 0. The summed E-state index contributed by atoms with van der Waals surface area (Å²) in [5.41, 5.74) is 7.08. The maximum Gasteiger partial charge on any atom is 0.228 e. The van der Waals surface area contributed by atoms with Crippen LogP contribution in [-0.2, 0) is 4.79 Å². The fourth-order valence-corrected chi connectivity index (χ4v) is 1.31. The first-order valence-electron chi connectivity index (χ1n) is 5.11. The van der Waals surface area contributed by atoms with Gasteiger partial charge in [0.25, 0.3) is 0 Å². The molecule has 0 saturated heterocycles. The molecule has 15 heavy (non-hydrogen) atoms. The van der Waals surface area contributed by atoms with Crippen molar-refractivity contribution in [2.75, 3.05) is 11.9 Å². The molecule has 1 atom stereocenters. The summed E-state index contributed by atoms with van der Waals surface area (Å²) in [6, 6.07) is 3.63. The van der Waals surface area contributed by atoms with E-state index in [1.165, 1.54) is 0 Å². The molecule has 0 aromatic carbocycles. The van der Waals surface area contributed by atoms with E-state index in [9.17, 15) is 4.79 Å². The average molecular weight is 207 g/mol. The molecule has 1 amide bonds. The van der Waals surface area contributed by atoms with Gasteiger partial charge in [-0.25, -0.2) is 0 Å². The van der Waals surface area contributed by atoms with E-state index in [1.807, 2.05) is 19.9 Å². The summed E-state index contributed by atoms with van der Waals surface area (Å²) in [5.74, 6) is -0.152. The second-order valence-electron chi connectivity index (χ2n) is 3.47. The van der Waals surface area contributed by atoms with E-state index in [1.54, 1.807) is 12.3 Å². The fraction of sp³-hybridized carbons (Fsp3) is 0.455. The minimum absolute atomic E-state index is 0.0314. The van der Waals surface area contributed by atoms with Crippen LogP contribution in [-0.4, -0.2) is 17.4 Å². The second kappa shape index (κ2) is 5.46. The highest BCUT2D eigenvalue weighted by Crippen LogP contribution is 2.12. The smallest absolute Gasteiger partial charge is 0.228 e. The van der Waals surface area contributed by atoms with Crippen molar-refractivity contribution in [3.05, 3.63) is 24.0 Å². The van der Waals surface area contributed by atoms with Gasteiger partial charge in [0.15, 0.2) is 0 Å². The number of carbonyl (C=O) groups excluding carboxylic acids is 1. The molecular formula is C11H17N3O. The van der Waals surface area contributed by atoms with Gasteiger partial charge in [0.2, 0.25) is 5.91 Å². The van der Waals surface area contributed by atoms with Crippen molar-refractivity contribution in [1.82, 2.24) is 4.98 Å². The average Bonchev–Trinajstić information content (AvgIpc) is 2.23. The Morgan fingerprint density at radius 2 is 2.40 bits per heavy atom. The summed E-state index contributed by atoms with van der Waals surface area (Å²) in [4.78, 5) is 15.8. The third-order valence-corrected chi connectivity index (χ3v) is 2.41. The van der Waals surface area contributed by atoms with Gasteiger partial charge in [-0.2, -0.15) is 0 Å². The second-order valence-corrected chi connectivity index (χ2v) is 3.47. The molecule has 0 fully saturated rings. The topological polar surface area (TPSA) is 68.0 Å². The van der Waals surface area contributed by atoms with Crippen LogP contribution >= 0.6 is 0 Å². The zero-order chi connectivity index (χ0) is 11.3. The number of hydrogen-bond acceptors (Lipinski definition) is 3. The van der Waals surface area contributed by atoms with Crippen LogP contribution in [0.2, 0.25) is 0 Å². The summed E-state index contributed by atoms with van der Waals surface area (Å²) in [5, 5.41) is 2.83. The Hall–Kier alpha value is -1.42. The number of aryl methyl sites for hydroxylation is 1. The van der Waals surface area contributed by atoms with Crippen LogP contribution in [0.3, 0.4) is 0 Å². The number of pyridine rings is 1. The quantitative estimate of drug-likeness (QED) is 0.782. The molecule has 1 rings (SSSR count). The van der Waals surface area contributed by atoms with Gasteiger partial charge in [0.05, 0.1) is 17.3 Å². The van der Waals surface area contributed by atoms with Gasteiger partial charge in [-0.05, 0) is 25.5 Å². The van der Waals surface area contributed by atoms with Crippen LogP contribution in [0, 0.1) is 12.8 Å². The number of amides is 1. The number of carbonyl (C=O) groups is 1. The van der Waals surface area contributed by atoms with Crippen LogP contribution in [0.4, 0.5) is 5.69 Å². The highest BCUT2D eigenvalue weighted by Gasteiger charge is 2.14. The van der Waals surface area contributed by atoms with Gasteiger partial charge in [-0.3, -0.25) is 9.78 Å². The van der Waals surface area contributed by atoms with E-state index >= 15 is 0 Å². The van der Waals surface area contributed by atoms with Crippen LogP contribution in [0.15, 0.2) is 18.3 Å². The molecule has 0 spiro atoms. The summed E-state index contributed by atoms with van der Waals surface area (Å²) in [7, 11) is 0. The monoisotopic (exact) mass is 207 g/mol. The van der Waals surface area contributed by atoms with Crippen molar-refractivity contribution in [3.8, 4) is 0 Å². The zero-order valence-electron chi connectivity index (χ0n) is 9.16. The van der Waals surface area contributed by atoms with Crippen molar-refractivity contribution in [3.63, 3.8) is 0 Å². The number of nitrogens with zero attached hydrogens (tertiary/aromatic N) is 1. The minimum atomic E-state index is -0.121.